The van der Waals surface area contributed by atoms with E-state index in [1.165, 1.54) is 0 Å². The van der Waals surface area contributed by atoms with Gasteiger partial charge in [-0.3, -0.25) is 4.90 Å². The van der Waals surface area contributed by atoms with Gasteiger partial charge in [-0.05, 0) is 48.7 Å². The Balaban J connectivity index is 1.77. The van der Waals surface area contributed by atoms with Crippen LogP contribution in [0.25, 0.3) is 0 Å². The van der Waals surface area contributed by atoms with Crippen LogP contribution < -0.4 is 10.2 Å². The lowest BCUT2D eigenvalue weighted by molar-refractivity contribution is 0.258. The quantitative estimate of drug-likeness (QED) is 0.574. The molecule has 0 spiro atoms. The number of amides is 2. The van der Waals surface area contributed by atoms with Crippen molar-refractivity contribution < 1.29 is 4.79 Å². The molecule has 1 heterocycles. The Morgan fingerprint density at radius 3 is 2.15 bits per heavy atom. The molecular formula is C22H20N2OS. The van der Waals surface area contributed by atoms with Crippen molar-refractivity contribution in [3.05, 3.63) is 77.9 Å². The van der Waals surface area contributed by atoms with E-state index in [1.54, 1.807) is 16.7 Å². The summed E-state index contributed by atoms with van der Waals surface area (Å²) in [4.78, 5) is 17.3. The SMILES string of the molecule is CCc1cccc(C)c1NC(=O)N1c2ccccc2Sc2ccccc21. The van der Waals surface area contributed by atoms with Crippen LogP contribution >= 0.6 is 11.8 Å². The van der Waals surface area contributed by atoms with E-state index in [9.17, 15) is 4.79 Å². The van der Waals surface area contributed by atoms with Gasteiger partial charge in [-0.15, -0.1) is 0 Å². The number of rotatable bonds is 2. The van der Waals surface area contributed by atoms with Gasteiger partial charge in [0.15, 0.2) is 0 Å². The first kappa shape index (κ1) is 16.7. The van der Waals surface area contributed by atoms with Crippen molar-refractivity contribution in [1.29, 1.82) is 0 Å². The number of anilines is 3. The largest absolute Gasteiger partial charge is 0.331 e. The second kappa shape index (κ2) is 6.89. The number of urea groups is 1. The number of benzene rings is 3. The van der Waals surface area contributed by atoms with Gasteiger partial charge >= 0.3 is 6.03 Å². The fraction of sp³-hybridized carbons (Fsp3) is 0.136. The third-order valence-electron chi connectivity index (χ3n) is 4.61. The van der Waals surface area contributed by atoms with Gasteiger partial charge in [-0.1, -0.05) is 61.2 Å². The first-order valence-corrected chi connectivity index (χ1v) is 9.56. The van der Waals surface area contributed by atoms with Crippen LogP contribution in [0, 0.1) is 6.92 Å². The molecule has 26 heavy (non-hydrogen) atoms. The molecule has 1 N–H and O–H groups in total. The number of fused-ring (bicyclic) bond motifs is 2. The van der Waals surface area contributed by atoms with Gasteiger partial charge in [0.05, 0.1) is 11.4 Å². The van der Waals surface area contributed by atoms with E-state index in [2.05, 4.69) is 30.4 Å². The zero-order valence-electron chi connectivity index (χ0n) is 14.8. The van der Waals surface area contributed by atoms with E-state index in [0.717, 1.165) is 44.4 Å². The standard InChI is InChI=1S/C22H20N2OS/c1-3-16-10-8-9-15(2)21(16)23-22(25)24-17-11-4-6-13-19(17)26-20-14-7-5-12-18(20)24/h4-14H,3H2,1-2H3,(H,23,25). The molecule has 4 rings (SSSR count). The van der Waals surface area contributed by atoms with Crippen molar-refractivity contribution in [2.75, 3.05) is 10.2 Å². The van der Waals surface area contributed by atoms with E-state index < -0.39 is 0 Å². The number of aryl methyl sites for hydroxylation is 2. The Morgan fingerprint density at radius 1 is 0.923 bits per heavy atom. The van der Waals surface area contributed by atoms with Crippen molar-refractivity contribution in [1.82, 2.24) is 0 Å². The van der Waals surface area contributed by atoms with E-state index in [-0.39, 0.29) is 6.03 Å². The Hall–Kier alpha value is -2.72. The molecule has 0 aliphatic carbocycles. The molecule has 3 aromatic carbocycles. The van der Waals surface area contributed by atoms with Crippen molar-refractivity contribution in [3.63, 3.8) is 0 Å². The Morgan fingerprint density at radius 2 is 1.54 bits per heavy atom. The molecule has 4 heteroatoms. The van der Waals surface area contributed by atoms with Crippen LogP contribution in [-0.4, -0.2) is 6.03 Å². The maximum atomic E-state index is 13.3. The van der Waals surface area contributed by atoms with Gasteiger partial charge < -0.3 is 5.32 Å². The Labute approximate surface area is 158 Å². The molecule has 3 nitrogen and oxygen atoms in total. The fourth-order valence-corrected chi connectivity index (χ4v) is 4.35. The average Bonchev–Trinajstić information content (AvgIpc) is 2.67. The van der Waals surface area contributed by atoms with Crippen LogP contribution in [0.2, 0.25) is 0 Å². The summed E-state index contributed by atoms with van der Waals surface area (Å²) in [5, 5.41) is 3.16. The van der Waals surface area contributed by atoms with Gasteiger partial charge in [-0.2, -0.15) is 0 Å². The molecule has 0 saturated heterocycles. The monoisotopic (exact) mass is 360 g/mol. The maximum absolute atomic E-state index is 13.3. The predicted octanol–water partition coefficient (Wildman–Crippen LogP) is 6.39. The highest BCUT2D eigenvalue weighted by Crippen LogP contribution is 2.48. The number of nitrogens with one attached hydrogen (secondary N) is 1. The summed E-state index contributed by atoms with van der Waals surface area (Å²) in [5.74, 6) is 0. The molecule has 0 radical (unpaired) electrons. The zero-order valence-corrected chi connectivity index (χ0v) is 15.6. The molecule has 0 fully saturated rings. The average molecular weight is 360 g/mol. The topological polar surface area (TPSA) is 32.3 Å². The second-order valence-corrected chi connectivity index (χ2v) is 7.35. The Kier molecular flexibility index (Phi) is 4.43. The Bertz CT molecular complexity index is 938. The van der Waals surface area contributed by atoms with E-state index in [4.69, 9.17) is 0 Å². The summed E-state index contributed by atoms with van der Waals surface area (Å²) < 4.78 is 0. The van der Waals surface area contributed by atoms with Crippen molar-refractivity contribution in [2.24, 2.45) is 0 Å². The summed E-state index contributed by atoms with van der Waals surface area (Å²) in [6, 6.07) is 22.1. The summed E-state index contributed by atoms with van der Waals surface area (Å²) in [6.45, 7) is 4.13. The molecule has 3 aromatic rings. The highest BCUT2D eigenvalue weighted by molar-refractivity contribution is 7.99. The summed E-state index contributed by atoms with van der Waals surface area (Å²) in [7, 11) is 0. The first-order valence-electron chi connectivity index (χ1n) is 8.74. The lowest BCUT2D eigenvalue weighted by Gasteiger charge is -2.31. The van der Waals surface area contributed by atoms with Crippen LogP contribution in [0.1, 0.15) is 18.1 Å². The molecule has 0 unspecified atom stereocenters. The van der Waals surface area contributed by atoms with Crippen LogP contribution in [0.3, 0.4) is 0 Å². The number of carbonyl (C=O) groups is 1. The van der Waals surface area contributed by atoms with Crippen LogP contribution in [0.4, 0.5) is 21.9 Å². The minimum absolute atomic E-state index is 0.130. The minimum Gasteiger partial charge on any atom is -0.307 e. The number of hydrogen-bond acceptors (Lipinski definition) is 2. The summed E-state index contributed by atoms with van der Waals surface area (Å²) in [6.07, 6.45) is 0.875. The number of para-hydroxylation sites is 3. The van der Waals surface area contributed by atoms with E-state index in [0.29, 0.717) is 0 Å². The maximum Gasteiger partial charge on any atom is 0.331 e. The molecule has 1 aliphatic rings. The molecule has 0 aromatic heterocycles. The van der Waals surface area contributed by atoms with Gasteiger partial charge in [0, 0.05) is 15.5 Å². The van der Waals surface area contributed by atoms with Crippen LogP contribution in [-0.2, 0) is 6.42 Å². The highest BCUT2D eigenvalue weighted by Gasteiger charge is 2.28. The van der Waals surface area contributed by atoms with Crippen LogP contribution in [0.15, 0.2) is 76.5 Å². The van der Waals surface area contributed by atoms with Gasteiger partial charge in [0.1, 0.15) is 0 Å². The van der Waals surface area contributed by atoms with Gasteiger partial charge in [0.25, 0.3) is 0 Å². The minimum atomic E-state index is -0.130. The normalized spacial score (nSPS) is 12.3. The number of hydrogen-bond donors (Lipinski definition) is 1. The molecule has 130 valence electrons. The molecule has 1 aliphatic heterocycles. The molecule has 0 atom stereocenters. The molecule has 0 saturated carbocycles. The molecular weight excluding hydrogens is 340 g/mol. The van der Waals surface area contributed by atoms with Crippen molar-refractivity contribution >= 4 is 34.9 Å². The lowest BCUT2D eigenvalue weighted by Crippen LogP contribution is -2.33. The lowest BCUT2D eigenvalue weighted by atomic mass is 10.1. The third-order valence-corrected chi connectivity index (χ3v) is 5.74. The first-order chi connectivity index (χ1) is 12.7. The number of nitrogens with zero attached hydrogens (tertiary/aromatic N) is 1. The van der Waals surface area contributed by atoms with Crippen molar-refractivity contribution in [3.8, 4) is 0 Å². The zero-order chi connectivity index (χ0) is 18.1. The van der Waals surface area contributed by atoms with E-state index >= 15 is 0 Å². The van der Waals surface area contributed by atoms with Crippen LogP contribution in [0.5, 0.6) is 0 Å². The fourth-order valence-electron chi connectivity index (χ4n) is 3.29. The highest BCUT2D eigenvalue weighted by atomic mass is 32.2. The molecule has 0 bridgehead atoms. The predicted molar refractivity (Wildman–Crippen MR) is 109 cm³/mol. The van der Waals surface area contributed by atoms with Gasteiger partial charge in [-0.25, -0.2) is 4.79 Å². The summed E-state index contributed by atoms with van der Waals surface area (Å²) in [5.41, 5.74) is 4.96. The molecule has 2 amide bonds. The third kappa shape index (κ3) is 2.86. The van der Waals surface area contributed by atoms with Crippen molar-refractivity contribution in [2.45, 2.75) is 30.1 Å². The number of carbonyl (C=O) groups excluding carboxylic acids is 1. The smallest absolute Gasteiger partial charge is 0.307 e. The van der Waals surface area contributed by atoms with E-state index in [1.807, 2.05) is 55.5 Å². The van der Waals surface area contributed by atoms with Gasteiger partial charge in [0.2, 0.25) is 0 Å². The summed E-state index contributed by atoms with van der Waals surface area (Å²) >= 11 is 1.70. The second-order valence-electron chi connectivity index (χ2n) is 6.27.